The zero-order valence-corrected chi connectivity index (χ0v) is 20.1. The first-order valence-electron chi connectivity index (χ1n) is 12.6. The van der Waals surface area contributed by atoms with Gasteiger partial charge in [0.25, 0.3) is 0 Å². The standard InChI is InChI=1S/C26H44N2O4/c1-27(21-9-5-3-6-10-21)17-23(29)19-31-25-13-15-26(16-14-25)32-20-24(30)18-28(2)22-11-7-4-8-12-22/h13-16,21-24,29-30H,3-12,17-20H2,1-2H3/t23-,24+. The third-order valence-electron chi connectivity index (χ3n) is 7.10. The number of aliphatic hydroxyl groups is 2. The Morgan fingerprint density at radius 3 is 1.38 bits per heavy atom. The van der Waals surface area contributed by atoms with E-state index in [9.17, 15) is 10.2 Å². The lowest BCUT2D eigenvalue weighted by Crippen LogP contribution is -2.40. The van der Waals surface area contributed by atoms with E-state index in [1.54, 1.807) is 0 Å². The van der Waals surface area contributed by atoms with Crippen LogP contribution in [-0.4, -0.2) is 84.7 Å². The van der Waals surface area contributed by atoms with Gasteiger partial charge in [-0.05, 0) is 64.0 Å². The summed E-state index contributed by atoms with van der Waals surface area (Å²) in [7, 11) is 4.21. The van der Waals surface area contributed by atoms with Crippen molar-refractivity contribution in [1.82, 2.24) is 9.80 Å². The minimum absolute atomic E-state index is 0.281. The van der Waals surface area contributed by atoms with Crippen LogP contribution in [0.5, 0.6) is 11.5 Å². The molecule has 2 atom stereocenters. The highest BCUT2D eigenvalue weighted by atomic mass is 16.5. The van der Waals surface area contributed by atoms with Gasteiger partial charge < -0.3 is 29.5 Å². The summed E-state index contributed by atoms with van der Waals surface area (Å²) in [5.74, 6) is 1.43. The fourth-order valence-corrected chi connectivity index (χ4v) is 5.13. The molecule has 0 aromatic heterocycles. The number of hydrogen-bond acceptors (Lipinski definition) is 6. The highest BCUT2D eigenvalue weighted by molar-refractivity contribution is 5.31. The molecule has 0 bridgehead atoms. The zero-order chi connectivity index (χ0) is 22.8. The molecule has 0 heterocycles. The Morgan fingerprint density at radius 2 is 1.03 bits per heavy atom. The maximum Gasteiger partial charge on any atom is 0.119 e. The Labute approximate surface area is 194 Å². The average molecular weight is 449 g/mol. The van der Waals surface area contributed by atoms with E-state index in [1.807, 2.05) is 24.3 Å². The van der Waals surface area contributed by atoms with Gasteiger partial charge in [-0.25, -0.2) is 0 Å². The molecular weight excluding hydrogens is 404 g/mol. The van der Waals surface area contributed by atoms with Crippen LogP contribution in [0.2, 0.25) is 0 Å². The van der Waals surface area contributed by atoms with E-state index in [4.69, 9.17) is 9.47 Å². The Hall–Kier alpha value is -1.34. The summed E-state index contributed by atoms with van der Waals surface area (Å²) in [6, 6.07) is 8.60. The van der Waals surface area contributed by atoms with Crippen LogP contribution in [0.1, 0.15) is 64.2 Å². The molecule has 0 spiro atoms. The van der Waals surface area contributed by atoms with E-state index in [-0.39, 0.29) is 13.2 Å². The van der Waals surface area contributed by atoms with Gasteiger partial charge in [0.05, 0.1) is 0 Å². The van der Waals surface area contributed by atoms with Crippen molar-refractivity contribution in [3.8, 4) is 11.5 Å². The zero-order valence-electron chi connectivity index (χ0n) is 20.1. The lowest BCUT2D eigenvalue weighted by atomic mass is 9.94. The van der Waals surface area contributed by atoms with Crippen molar-refractivity contribution < 1.29 is 19.7 Å². The van der Waals surface area contributed by atoms with E-state index >= 15 is 0 Å². The predicted molar refractivity (Wildman–Crippen MR) is 128 cm³/mol. The van der Waals surface area contributed by atoms with Crippen molar-refractivity contribution in [1.29, 1.82) is 0 Å². The molecule has 182 valence electrons. The summed E-state index contributed by atoms with van der Waals surface area (Å²) < 4.78 is 11.5. The largest absolute Gasteiger partial charge is 0.491 e. The second-order valence-electron chi connectivity index (χ2n) is 9.86. The molecule has 3 rings (SSSR count). The molecule has 0 unspecified atom stereocenters. The molecule has 0 saturated heterocycles. The van der Waals surface area contributed by atoms with Crippen LogP contribution >= 0.6 is 0 Å². The van der Waals surface area contributed by atoms with Gasteiger partial charge in [0.15, 0.2) is 0 Å². The van der Waals surface area contributed by atoms with Crippen molar-refractivity contribution >= 4 is 0 Å². The van der Waals surface area contributed by atoms with Crippen LogP contribution in [0.3, 0.4) is 0 Å². The summed E-state index contributed by atoms with van der Waals surface area (Å²) in [5, 5.41) is 20.7. The normalized spacial score (nSPS) is 20.4. The lowest BCUT2D eigenvalue weighted by molar-refractivity contribution is 0.0550. The van der Waals surface area contributed by atoms with E-state index in [0.29, 0.717) is 36.7 Å². The Kier molecular flexibility index (Phi) is 10.6. The first kappa shape index (κ1) is 25.3. The van der Waals surface area contributed by atoms with Crippen molar-refractivity contribution in [3.63, 3.8) is 0 Å². The molecule has 2 N–H and O–H groups in total. The number of aliphatic hydroxyl groups excluding tert-OH is 2. The topological polar surface area (TPSA) is 65.4 Å². The Bertz CT molecular complexity index is 574. The number of likely N-dealkylation sites (N-methyl/N-ethyl adjacent to an activating group) is 2. The van der Waals surface area contributed by atoms with Gasteiger partial charge in [-0.3, -0.25) is 0 Å². The van der Waals surface area contributed by atoms with Gasteiger partial charge in [-0.1, -0.05) is 38.5 Å². The molecule has 2 fully saturated rings. The van der Waals surface area contributed by atoms with E-state index in [2.05, 4.69) is 23.9 Å². The molecule has 32 heavy (non-hydrogen) atoms. The van der Waals surface area contributed by atoms with E-state index in [0.717, 1.165) is 0 Å². The molecular formula is C26H44N2O4. The Morgan fingerprint density at radius 1 is 0.688 bits per heavy atom. The van der Waals surface area contributed by atoms with Gasteiger partial charge in [-0.2, -0.15) is 0 Å². The molecule has 6 heteroatoms. The third kappa shape index (κ3) is 8.54. The minimum Gasteiger partial charge on any atom is -0.491 e. The second-order valence-corrected chi connectivity index (χ2v) is 9.86. The minimum atomic E-state index is -0.505. The van der Waals surface area contributed by atoms with Crippen molar-refractivity contribution in [2.75, 3.05) is 40.4 Å². The highest BCUT2D eigenvalue weighted by Gasteiger charge is 2.21. The van der Waals surface area contributed by atoms with Crippen molar-refractivity contribution in [2.45, 2.75) is 88.5 Å². The fraction of sp³-hybridized carbons (Fsp3) is 0.769. The third-order valence-corrected chi connectivity index (χ3v) is 7.10. The fourth-order valence-electron chi connectivity index (χ4n) is 5.13. The predicted octanol–water partition coefficient (Wildman–Crippen LogP) is 3.70. The van der Waals surface area contributed by atoms with Gasteiger partial charge in [0, 0.05) is 25.2 Å². The number of hydrogen-bond donors (Lipinski definition) is 2. The average Bonchev–Trinajstić information content (AvgIpc) is 2.83. The van der Waals surface area contributed by atoms with Crippen molar-refractivity contribution in [2.24, 2.45) is 0 Å². The molecule has 1 aromatic rings. The molecule has 0 aliphatic heterocycles. The van der Waals surface area contributed by atoms with E-state index in [1.165, 1.54) is 64.2 Å². The monoisotopic (exact) mass is 448 g/mol. The Balaban J connectivity index is 1.32. The summed E-state index contributed by atoms with van der Waals surface area (Å²) in [6.07, 6.45) is 11.8. The molecule has 2 saturated carbocycles. The quantitative estimate of drug-likeness (QED) is 0.508. The van der Waals surface area contributed by atoms with Gasteiger partial charge >= 0.3 is 0 Å². The molecule has 2 aliphatic rings. The smallest absolute Gasteiger partial charge is 0.119 e. The summed E-state index contributed by atoms with van der Waals surface area (Å²) >= 11 is 0. The molecule has 1 aromatic carbocycles. The van der Waals surface area contributed by atoms with E-state index < -0.39 is 12.2 Å². The lowest BCUT2D eigenvalue weighted by Gasteiger charge is -2.32. The molecule has 2 aliphatic carbocycles. The molecule has 6 nitrogen and oxygen atoms in total. The van der Waals surface area contributed by atoms with Crippen LogP contribution in [0, 0.1) is 0 Å². The van der Waals surface area contributed by atoms with Crippen LogP contribution in [0.25, 0.3) is 0 Å². The number of rotatable bonds is 12. The summed E-state index contributed by atoms with van der Waals surface area (Å²) in [5.41, 5.74) is 0. The maximum atomic E-state index is 10.4. The van der Waals surface area contributed by atoms with Gasteiger partial charge in [0.2, 0.25) is 0 Å². The van der Waals surface area contributed by atoms with Crippen LogP contribution in [-0.2, 0) is 0 Å². The SMILES string of the molecule is CN(C[C@H](O)COc1ccc(OC[C@H](O)CN(C)C2CCCCC2)cc1)C1CCCCC1. The molecule has 0 radical (unpaired) electrons. The first-order valence-corrected chi connectivity index (χ1v) is 12.6. The number of benzene rings is 1. The van der Waals surface area contributed by atoms with Crippen LogP contribution in [0.4, 0.5) is 0 Å². The van der Waals surface area contributed by atoms with Crippen LogP contribution < -0.4 is 9.47 Å². The molecule has 0 amide bonds. The first-order chi connectivity index (χ1) is 15.5. The van der Waals surface area contributed by atoms with Crippen LogP contribution in [0.15, 0.2) is 24.3 Å². The summed E-state index contributed by atoms with van der Waals surface area (Å²) in [4.78, 5) is 4.56. The van der Waals surface area contributed by atoms with Crippen molar-refractivity contribution in [3.05, 3.63) is 24.3 Å². The maximum absolute atomic E-state index is 10.4. The number of nitrogens with zero attached hydrogens (tertiary/aromatic N) is 2. The highest BCUT2D eigenvalue weighted by Crippen LogP contribution is 2.23. The second kappa shape index (κ2) is 13.4. The van der Waals surface area contributed by atoms with Gasteiger partial charge in [-0.15, -0.1) is 0 Å². The summed E-state index contributed by atoms with van der Waals surface area (Å²) in [6.45, 7) is 1.84. The number of ether oxygens (including phenoxy) is 2. The van der Waals surface area contributed by atoms with Gasteiger partial charge in [0.1, 0.15) is 36.9 Å².